The van der Waals surface area contributed by atoms with Gasteiger partial charge in [-0.05, 0) is 24.5 Å². The number of likely N-dealkylation sites (tertiary alicyclic amines) is 2. The van der Waals surface area contributed by atoms with E-state index in [0.717, 1.165) is 0 Å². The third-order valence-corrected chi connectivity index (χ3v) is 7.26. The lowest BCUT2D eigenvalue weighted by atomic mass is 10.0. The normalized spacial score (nSPS) is 29.4. The molecule has 0 radical (unpaired) electrons. The highest BCUT2D eigenvalue weighted by molar-refractivity contribution is 8.00. The van der Waals surface area contributed by atoms with Crippen LogP contribution >= 0.6 is 11.8 Å². The van der Waals surface area contributed by atoms with Crippen LogP contribution in [0.25, 0.3) is 0 Å². The van der Waals surface area contributed by atoms with Gasteiger partial charge in [0.15, 0.2) is 0 Å². The minimum Gasteiger partial charge on any atom is -0.477 e. The largest absolute Gasteiger partial charge is 0.477 e. The summed E-state index contributed by atoms with van der Waals surface area (Å²) in [6.07, 6.45) is 3.82. The van der Waals surface area contributed by atoms with Crippen molar-refractivity contribution in [1.29, 1.82) is 0 Å². The summed E-state index contributed by atoms with van der Waals surface area (Å²) in [6.45, 7) is 5.06. The van der Waals surface area contributed by atoms with Gasteiger partial charge in [-0.3, -0.25) is 14.5 Å². The molecule has 10 nitrogen and oxygen atoms in total. The minimum absolute atomic E-state index is 0.0915. The number of hydrogen-bond donors (Lipinski definition) is 2. The number of fused-ring (bicyclic) bond motifs is 1. The Morgan fingerprint density at radius 3 is 2.81 bits per heavy atom. The number of thioether (sulfide) groups is 1. The highest BCUT2D eigenvalue weighted by atomic mass is 32.2. The van der Waals surface area contributed by atoms with E-state index in [4.69, 9.17) is 10.5 Å². The van der Waals surface area contributed by atoms with Crippen molar-refractivity contribution in [3.8, 4) is 0 Å². The molecule has 3 fully saturated rings. The molecule has 3 atom stereocenters. The number of nitrogens with two attached hydrogens (primary N) is 1. The average molecular weight is 449 g/mol. The molecule has 0 aromatic rings. The van der Waals surface area contributed by atoms with E-state index >= 15 is 0 Å². The molecule has 0 bridgehead atoms. The van der Waals surface area contributed by atoms with E-state index in [0.29, 0.717) is 49.4 Å². The Balaban J connectivity index is 1.48. The third-order valence-electron chi connectivity index (χ3n) is 5.93. The second kappa shape index (κ2) is 8.39. The quantitative estimate of drug-likeness (QED) is 0.344. The molecule has 0 aliphatic carbocycles. The number of nitrogens with zero attached hydrogens (tertiary/aromatic N) is 3. The average Bonchev–Trinajstić information content (AvgIpc) is 3.38. The Bertz CT molecular complexity index is 915. The fourth-order valence-electron chi connectivity index (χ4n) is 4.36. The van der Waals surface area contributed by atoms with Crippen molar-refractivity contribution in [2.24, 2.45) is 5.73 Å². The molecule has 4 aliphatic rings. The number of allylic oxidation sites excluding steroid dienone is 1. The Kier molecular flexibility index (Phi) is 5.80. The van der Waals surface area contributed by atoms with E-state index in [9.17, 15) is 24.3 Å². The summed E-state index contributed by atoms with van der Waals surface area (Å²) in [6, 6.07) is -0.802. The van der Waals surface area contributed by atoms with Gasteiger partial charge in [0.05, 0.1) is 6.04 Å². The summed E-state index contributed by atoms with van der Waals surface area (Å²) < 4.78 is 5.06. The molecule has 4 rings (SSSR count). The first-order valence-corrected chi connectivity index (χ1v) is 11.1. The Hall–Kier alpha value is -2.79. The number of rotatable bonds is 5. The molecule has 3 N–H and O–H groups in total. The number of hydrogen-bond acceptors (Lipinski definition) is 7. The molecule has 31 heavy (non-hydrogen) atoms. The van der Waals surface area contributed by atoms with Gasteiger partial charge in [0.25, 0.3) is 0 Å². The van der Waals surface area contributed by atoms with Crippen LogP contribution in [0.4, 0.5) is 4.79 Å². The van der Waals surface area contributed by atoms with Crippen molar-refractivity contribution in [3.05, 3.63) is 35.6 Å². The molecule has 11 heteroatoms. The summed E-state index contributed by atoms with van der Waals surface area (Å²) in [5, 5.41) is 9.29. The van der Waals surface area contributed by atoms with Crippen molar-refractivity contribution < 1.29 is 29.0 Å². The fourth-order valence-corrected chi connectivity index (χ4v) is 5.61. The molecule has 4 aliphatic heterocycles. The Morgan fingerprint density at radius 1 is 1.32 bits per heavy atom. The maximum Gasteiger partial charge on any atom is 0.410 e. The maximum absolute atomic E-state index is 13.0. The van der Waals surface area contributed by atoms with Gasteiger partial charge in [-0.25, -0.2) is 9.59 Å². The number of ether oxygens (including phenoxy) is 1. The summed E-state index contributed by atoms with van der Waals surface area (Å²) in [4.78, 5) is 53.5. The molecule has 0 saturated carbocycles. The molecule has 3 amide bonds. The van der Waals surface area contributed by atoms with Gasteiger partial charge in [-0.1, -0.05) is 12.7 Å². The first-order chi connectivity index (χ1) is 14.8. The van der Waals surface area contributed by atoms with E-state index < -0.39 is 24.0 Å². The monoisotopic (exact) mass is 448 g/mol. The van der Waals surface area contributed by atoms with Crippen molar-refractivity contribution in [2.45, 2.75) is 30.3 Å². The maximum atomic E-state index is 13.0. The highest BCUT2D eigenvalue weighted by Gasteiger charge is 2.51. The molecule has 166 valence electrons. The van der Waals surface area contributed by atoms with Crippen LogP contribution in [0.15, 0.2) is 35.6 Å². The molecule has 0 spiro atoms. The fraction of sp³-hybridized carbons (Fsp3) is 0.500. The lowest BCUT2D eigenvalue weighted by Crippen LogP contribution is -2.68. The van der Waals surface area contributed by atoms with Gasteiger partial charge in [0.1, 0.15) is 23.7 Å². The lowest BCUT2D eigenvalue weighted by molar-refractivity contribution is -0.147. The van der Waals surface area contributed by atoms with Crippen LogP contribution in [0.2, 0.25) is 0 Å². The topological polar surface area (TPSA) is 133 Å². The van der Waals surface area contributed by atoms with Gasteiger partial charge >= 0.3 is 12.1 Å². The number of carbonyl (C=O) groups excluding carboxylic acids is 3. The van der Waals surface area contributed by atoms with Crippen LogP contribution in [0.3, 0.4) is 0 Å². The zero-order chi connectivity index (χ0) is 22.3. The van der Waals surface area contributed by atoms with Crippen LogP contribution < -0.4 is 5.73 Å². The van der Waals surface area contributed by atoms with Crippen molar-refractivity contribution >= 4 is 35.6 Å². The van der Waals surface area contributed by atoms with Crippen molar-refractivity contribution in [1.82, 2.24) is 14.7 Å². The summed E-state index contributed by atoms with van der Waals surface area (Å²) in [7, 11) is 0. The van der Waals surface area contributed by atoms with Crippen LogP contribution in [-0.4, -0.2) is 93.1 Å². The first-order valence-electron chi connectivity index (χ1n) is 10.0. The molecule has 0 unspecified atom stereocenters. The molecular formula is C20H24N4O6S. The molecule has 3 saturated heterocycles. The van der Waals surface area contributed by atoms with Crippen LogP contribution in [0.1, 0.15) is 12.8 Å². The van der Waals surface area contributed by atoms with E-state index in [-0.39, 0.29) is 29.6 Å². The highest BCUT2D eigenvalue weighted by Crippen LogP contribution is 2.40. The standard InChI is InChI=1S/C20H24N4O6S/c1-2-7-30-20(29)22-5-4-13(9-22)23-6-3-11(16(23)25)8-12-10-31-18-14(21)17(26)24(18)15(12)19(27)28/h2,8,13-14,18H,1,3-7,9-10,21H2,(H,27,28)/t13-,14+,18+/m0/s1. The number of carboxylic acids is 1. The molecular weight excluding hydrogens is 424 g/mol. The first kappa shape index (κ1) is 21.4. The second-order valence-corrected chi connectivity index (χ2v) is 8.89. The lowest BCUT2D eigenvalue weighted by Gasteiger charge is -2.47. The van der Waals surface area contributed by atoms with Crippen molar-refractivity contribution in [2.75, 3.05) is 32.0 Å². The van der Waals surface area contributed by atoms with Crippen molar-refractivity contribution in [3.63, 3.8) is 0 Å². The number of carbonyl (C=O) groups is 4. The van der Waals surface area contributed by atoms with Gasteiger partial charge in [0, 0.05) is 31.0 Å². The van der Waals surface area contributed by atoms with Gasteiger partial charge in [-0.2, -0.15) is 0 Å². The second-order valence-electron chi connectivity index (χ2n) is 7.79. The van der Waals surface area contributed by atoms with Crippen LogP contribution in [-0.2, 0) is 19.1 Å². The molecule has 0 aromatic heterocycles. The van der Waals surface area contributed by atoms with E-state index in [1.165, 1.54) is 22.7 Å². The number of carboxylic acid groups (broad SMARTS) is 1. The zero-order valence-corrected chi connectivity index (χ0v) is 17.7. The van der Waals surface area contributed by atoms with E-state index in [2.05, 4.69) is 6.58 Å². The predicted octanol–water partition coefficient (Wildman–Crippen LogP) is 0.123. The van der Waals surface area contributed by atoms with Gasteiger partial charge in [-0.15, -0.1) is 11.8 Å². The van der Waals surface area contributed by atoms with Gasteiger partial charge in [0.2, 0.25) is 11.8 Å². The summed E-state index contributed by atoms with van der Waals surface area (Å²) in [5.74, 6) is -1.42. The smallest absolute Gasteiger partial charge is 0.410 e. The Morgan fingerprint density at radius 2 is 2.10 bits per heavy atom. The van der Waals surface area contributed by atoms with E-state index in [1.54, 1.807) is 15.9 Å². The summed E-state index contributed by atoms with van der Waals surface area (Å²) in [5.41, 5.74) is 6.64. The van der Waals surface area contributed by atoms with E-state index in [1.807, 2.05) is 0 Å². The number of amides is 3. The minimum atomic E-state index is -1.20. The SMILES string of the molecule is C=CCOC(=O)N1CC[C@H](N2CCC(=CC3=C(C(=O)O)N4C(=O)[C@@H](N)[C@H]4SC3)C2=O)C1. The Labute approximate surface area is 183 Å². The molecule has 4 heterocycles. The third kappa shape index (κ3) is 3.72. The number of β-lactam (4-membered cyclic amide) rings is 1. The van der Waals surface area contributed by atoms with Gasteiger partial charge < -0.3 is 25.4 Å². The molecule has 0 aromatic carbocycles. The zero-order valence-electron chi connectivity index (χ0n) is 16.9. The van der Waals surface area contributed by atoms with Crippen LogP contribution in [0, 0.1) is 0 Å². The van der Waals surface area contributed by atoms with Crippen LogP contribution in [0.5, 0.6) is 0 Å². The number of aliphatic carboxylic acids is 1. The summed E-state index contributed by atoms with van der Waals surface area (Å²) >= 11 is 1.40. The predicted molar refractivity (Wildman–Crippen MR) is 112 cm³/mol.